The third-order valence-electron chi connectivity index (χ3n) is 0.258. The molecule has 0 nitrogen and oxygen atoms in total. The van der Waals surface area contributed by atoms with E-state index in [1.54, 1.807) is 0 Å². The highest BCUT2D eigenvalue weighted by Gasteiger charge is 1.73. The summed E-state index contributed by atoms with van der Waals surface area (Å²) in [4.78, 5) is 0. The second-order valence-corrected chi connectivity index (χ2v) is 3.29. The number of thiol groups is 1. The van der Waals surface area contributed by atoms with Gasteiger partial charge in [0.05, 0.1) is 0 Å². The maximum atomic E-state index is 3.33. The van der Waals surface area contributed by atoms with E-state index in [1.807, 2.05) is 0 Å². The predicted molar refractivity (Wildman–Crippen MR) is 32.2 cm³/mol. The molecule has 0 aliphatic rings. The van der Waals surface area contributed by atoms with Gasteiger partial charge in [0.2, 0.25) is 0 Å². The van der Waals surface area contributed by atoms with Crippen LogP contribution in [0.4, 0.5) is 0 Å². The fourth-order valence-corrected chi connectivity index (χ4v) is 0. The van der Waals surface area contributed by atoms with Crippen molar-refractivity contribution in [2.45, 2.75) is 19.1 Å². The molecule has 0 radical (unpaired) electrons. The Hall–Kier alpha value is 0.650. The molecule has 32 valence electrons. The van der Waals surface area contributed by atoms with Crippen LogP contribution in [0.2, 0.25) is 0 Å². The van der Waals surface area contributed by atoms with Crippen LogP contribution in [0.5, 0.6) is 0 Å². The molecule has 0 amide bonds. The van der Waals surface area contributed by atoms with Gasteiger partial charge in [-0.2, -0.15) is 10.9 Å². The molecule has 0 aromatic rings. The van der Waals surface area contributed by atoms with Crippen molar-refractivity contribution >= 4 is 19.0 Å². The second kappa shape index (κ2) is 2.87. The smallest absolute Gasteiger partial charge is 0.00520 e. The Balaban J connectivity index is 2.83. The minimum Gasteiger partial charge on any atom is -0.177 e. The van der Waals surface area contributed by atoms with Crippen LogP contribution < -0.4 is 0 Å². The third-order valence-corrected chi connectivity index (χ3v) is 2.32. The summed E-state index contributed by atoms with van der Waals surface area (Å²) in [6, 6.07) is 0. The van der Waals surface area contributed by atoms with Crippen LogP contribution in [-0.4, -0.2) is 5.25 Å². The van der Waals surface area contributed by atoms with Gasteiger partial charge in [0.25, 0.3) is 0 Å². The molecule has 0 fully saturated rings. The van der Waals surface area contributed by atoms with E-state index in [-0.39, 0.29) is 0 Å². The fourth-order valence-electron chi connectivity index (χ4n) is 0. The average Bonchev–Trinajstić information content (AvgIpc) is 1.38. The van der Waals surface area contributed by atoms with Gasteiger partial charge in [-0.05, 0) is 5.25 Å². The molecule has 0 aromatic carbocycles. The molecule has 0 aromatic heterocycles. The zero-order valence-corrected chi connectivity index (χ0v) is 5.42. The standard InChI is InChI=1S/C3H9PS/c1-3(2)5-4/h3-5H,1-2H3. The lowest BCUT2D eigenvalue weighted by atomic mass is 10.6. The van der Waals surface area contributed by atoms with Gasteiger partial charge in [-0.1, -0.05) is 21.9 Å². The van der Waals surface area contributed by atoms with Crippen LogP contribution in [0, 0.1) is 0 Å². The van der Waals surface area contributed by atoms with Crippen molar-refractivity contribution in [1.29, 1.82) is 0 Å². The first-order valence-electron chi connectivity index (χ1n) is 1.64. The van der Waals surface area contributed by atoms with Gasteiger partial charge in [0.1, 0.15) is 0 Å². The van der Waals surface area contributed by atoms with Crippen molar-refractivity contribution in [2.24, 2.45) is 0 Å². The van der Waals surface area contributed by atoms with Crippen molar-refractivity contribution in [3.05, 3.63) is 0 Å². The quantitative estimate of drug-likeness (QED) is 0.379. The Labute approximate surface area is 38.8 Å². The maximum absolute atomic E-state index is 3.33. The highest BCUT2D eigenvalue weighted by atomic mass is 32.5. The van der Waals surface area contributed by atoms with E-state index < -0.39 is 0 Å². The largest absolute Gasteiger partial charge is 0.177 e. The van der Waals surface area contributed by atoms with E-state index in [9.17, 15) is 0 Å². The molecule has 0 saturated carbocycles. The Morgan fingerprint density at radius 1 is 1.60 bits per heavy atom. The SMILES string of the molecule is CC(C)[SH]=P. The Morgan fingerprint density at radius 3 is 1.80 bits per heavy atom. The highest BCUT2D eigenvalue weighted by Crippen LogP contribution is 1.80. The molecule has 0 atom stereocenters. The first kappa shape index (κ1) is 5.65. The molecule has 0 rings (SSSR count). The minimum absolute atomic E-state index is 0.770. The van der Waals surface area contributed by atoms with Crippen molar-refractivity contribution in [3.8, 4) is 0 Å². The summed E-state index contributed by atoms with van der Waals surface area (Å²) in [5.74, 6) is 0. The van der Waals surface area contributed by atoms with Crippen LogP contribution >= 0.6 is 8.02 Å². The number of rotatable bonds is 1. The molecule has 0 spiro atoms. The van der Waals surface area contributed by atoms with Gasteiger partial charge in [-0.25, -0.2) is 0 Å². The lowest BCUT2D eigenvalue weighted by Gasteiger charge is -1.84. The Bertz CT molecular complexity index is 33.9. The molecule has 0 N–H and O–H groups in total. The number of hydrogen-bond acceptors (Lipinski definition) is 0. The Kier molecular flexibility index (Phi) is 3.24. The van der Waals surface area contributed by atoms with Crippen molar-refractivity contribution in [2.75, 3.05) is 0 Å². The third kappa shape index (κ3) is 4.65. The average molecular weight is 108 g/mol. The summed E-state index contributed by atoms with van der Waals surface area (Å²) in [6.07, 6.45) is 0. The van der Waals surface area contributed by atoms with E-state index in [0.29, 0.717) is 0 Å². The predicted octanol–water partition coefficient (Wildman–Crippen LogP) is 1.27. The van der Waals surface area contributed by atoms with E-state index in [1.165, 1.54) is 10.9 Å². The molecular weight excluding hydrogens is 99.1 g/mol. The summed E-state index contributed by atoms with van der Waals surface area (Å²) >= 11 is 0. The zero-order chi connectivity index (χ0) is 4.28. The van der Waals surface area contributed by atoms with Crippen LogP contribution in [0.15, 0.2) is 0 Å². The summed E-state index contributed by atoms with van der Waals surface area (Å²) < 4.78 is 0. The van der Waals surface area contributed by atoms with Gasteiger partial charge in [-0.15, -0.1) is 0 Å². The monoisotopic (exact) mass is 108 g/mol. The van der Waals surface area contributed by atoms with Crippen LogP contribution in [0.25, 0.3) is 0 Å². The van der Waals surface area contributed by atoms with Crippen molar-refractivity contribution in [1.82, 2.24) is 0 Å². The molecule has 0 bridgehead atoms. The molecule has 0 aliphatic heterocycles. The van der Waals surface area contributed by atoms with E-state index in [0.717, 1.165) is 5.25 Å². The van der Waals surface area contributed by atoms with Crippen molar-refractivity contribution in [3.63, 3.8) is 0 Å². The van der Waals surface area contributed by atoms with Gasteiger partial charge in [-0.3, -0.25) is 0 Å². The zero-order valence-electron chi connectivity index (χ0n) is 3.52. The topological polar surface area (TPSA) is 0 Å². The normalized spacial score (nSPS) is 9.40. The van der Waals surface area contributed by atoms with Gasteiger partial charge in [0, 0.05) is 0 Å². The molecule has 0 saturated heterocycles. The summed E-state index contributed by atoms with van der Waals surface area (Å²) in [5, 5.41) is 0.770. The number of hydrogen-bond donors (Lipinski definition) is 1. The van der Waals surface area contributed by atoms with Crippen LogP contribution in [0.1, 0.15) is 13.8 Å². The van der Waals surface area contributed by atoms with Gasteiger partial charge < -0.3 is 0 Å². The van der Waals surface area contributed by atoms with Crippen molar-refractivity contribution < 1.29 is 0 Å². The molecule has 0 unspecified atom stereocenters. The molecule has 0 heterocycles. The summed E-state index contributed by atoms with van der Waals surface area (Å²) in [6.45, 7) is 4.32. The van der Waals surface area contributed by atoms with Crippen LogP contribution in [0.3, 0.4) is 0 Å². The minimum atomic E-state index is 0.770. The molecular formula is C3H9PS. The van der Waals surface area contributed by atoms with Gasteiger partial charge >= 0.3 is 0 Å². The first-order chi connectivity index (χ1) is 2.27. The van der Waals surface area contributed by atoms with Gasteiger partial charge in [0.15, 0.2) is 0 Å². The first-order valence-corrected chi connectivity index (χ1v) is 3.94. The fraction of sp³-hybridized carbons (Fsp3) is 1.00. The molecule has 2 heteroatoms. The highest BCUT2D eigenvalue weighted by molar-refractivity contribution is 8.02. The second-order valence-electron chi connectivity index (χ2n) is 1.22. The van der Waals surface area contributed by atoms with Crippen LogP contribution in [-0.2, 0) is 10.9 Å². The summed E-state index contributed by atoms with van der Waals surface area (Å²) in [5.41, 5.74) is 0. The van der Waals surface area contributed by atoms with E-state index >= 15 is 0 Å². The van der Waals surface area contributed by atoms with E-state index in [4.69, 9.17) is 0 Å². The van der Waals surface area contributed by atoms with E-state index in [2.05, 4.69) is 21.9 Å². The molecule has 0 aliphatic carbocycles. The summed E-state index contributed by atoms with van der Waals surface area (Å²) in [7, 11) is 4.63. The lowest BCUT2D eigenvalue weighted by molar-refractivity contribution is 1.12. The lowest BCUT2D eigenvalue weighted by Crippen LogP contribution is -1.83. The maximum Gasteiger partial charge on any atom is -0.00520 e. The molecule has 5 heavy (non-hydrogen) atoms. The Morgan fingerprint density at radius 2 is 1.80 bits per heavy atom.